The molecular weight excluding hydrogens is 178 g/mol. The van der Waals surface area contributed by atoms with E-state index in [2.05, 4.69) is 29.5 Å². The molecule has 1 saturated heterocycles. The molecule has 2 rings (SSSR count). The number of rotatable bonds is 1. The molecule has 0 amide bonds. The van der Waals surface area contributed by atoms with E-state index in [0.717, 1.165) is 38.7 Å². The third-order valence-electron chi connectivity index (χ3n) is 2.67. The van der Waals surface area contributed by atoms with E-state index >= 15 is 0 Å². The third kappa shape index (κ3) is 2.38. The van der Waals surface area contributed by atoms with E-state index in [1.807, 2.05) is 0 Å². The van der Waals surface area contributed by atoms with Crippen LogP contribution in [0.1, 0.15) is 20.3 Å². The van der Waals surface area contributed by atoms with E-state index in [1.54, 1.807) is 0 Å². The van der Waals surface area contributed by atoms with Gasteiger partial charge in [0.2, 0.25) is 0 Å². The molecule has 1 atom stereocenters. The maximum Gasteiger partial charge on any atom is 0.191 e. The van der Waals surface area contributed by atoms with E-state index in [1.165, 1.54) is 0 Å². The van der Waals surface area contributed by atoms with Crippen LogP contribution < -0.4 is 10.6 Å². The van der Waals surface area contributed by atoms with Crippen LogP contribution in [0.2, 0.25) is 0 Å². The molecule has 0 aromatic carbocycles. The Morgan fingerprint density at radius 3 is 3.00 bits per heavy atom. The lowest BCUT2D eigenvalue weighted by Crippen LogP contribution is -2.50. The lowest BCUT2D eigenvalue weighted by atomic mass is 9.93. The van der Waals surface area contributed by atoms with Crippen molar-refractivity contribution in [1.82, 2.24) is 10.6 Å². The molecule has 1 unspecified atom stereocenters. The number of nitrogens with one attached hydrogen (secondary N) is 2. The van der Waals surface area contributed by atoms with Gasteiger partial charge in [-0.25, -0.2) is 0 Å². The number of nitrogens with zero attached hydrogens (tertiary/aromatic N) is 1. The Kier molecular flexibility index (Phi) is 2.63. The van der Waals surface area contributed by atoms with E-state index < -0.39 is 0 Å². The summed E-state index contributed by atoms with van der Waals surface area (Å²) in [6.07, 6.45) is 1.09. The fraction of sp³-hybridized carbons (Fsp3) is 0.900. The first-order chi connectivity index (χ1) is 6.66. The van der Waals surface area contributed by atoms with Gasteiger partial charge in [-0.1, -0.05) is 13.8 Å². The minimum atomic E-state index is 0.289. The molecule has 0 aromatic rings. The average Bonchev–Trinajstić information content (AvgIpc) is 2.61. The molecule has 2 aliphatic heterocycles. The Morgan fingerprint density at radius 2 is 2.43 bits per heavy atom. The van der Waals surface area contributed by atoms with Crippen LogP contribution in [-0.4, -0.2) is 38.3 Å². The zero-order valence-electron chi connectivity index (χ0n) is 8.97. The highest BCUT2D eigenvalue weighted by atomic mass is 16.5. The van der Waals surface area contributed by atoms with Crippen LogP contribution in [0.15, 0.2) is 4.99 Å². The molecule has 2 N–H and O–H groups in total. The second-order valence-electron chi connectivity index (χ2n) is 4.89. The SMILES string of the molecule is CC1(C)CN=C(NC2CCOC2)NC1. The summed E-state index contributed by atoms with van der Waals surface area (Å²) in [6, 6.07) is 0.447. The number of hydrogen-bond donors (Lipinski definition) is 2. The van der Waals surface area contributed by atoms with Gasteiger partial charge < -0.3 is 15.4 Å². The van der Waals surface area contributed by atoms with Crippen molar-refractivity contribution in [3.05, 3.63) is 0 Å². The van der Waals surface area contributed by atoms with E-state index in [4.69, 9.17) is 4.74 Å². The lowest BCUT2D eigenvalue weighted by molar-refractivity contribution is 0.192. The van der Waals surface area contributed by atoms with Crippen LogP contribution in [0.4, 0.5) is 0 Å². The summed E-state index contributed by atoms with van der Waals surface area (Å²) in [5, 5.41) is 6.69. The molecule has 80 valence electrons. The van der Waals surface area contributed by atoms with Gasteiger partial charge in [-0.2, -0.15) is 0 Å². The zero-order valence-corrected chi connectivity index (χ0v) is 8.97. The lowest BCUT2D eigenvalue weighted by Gasteiger charge is -2.30. The van der Waals surface area contributed by atoms with Crippen molar-refractivity contribution in [3.63, 3.8) is 0 Å². The molecule has 0 saturated carbocycles. The van der Waals surface area contributed by atoms with Crippen LogP contribution in [0.5, 0.6) is 0 Å². The van der Waals surface area contributed by atoms with E-state index in [9.17, 15) is 0 Å². The molecule has 0 aliphatic carbocycles. The van der Waals surface area contributed by atoms with Crippen molar-refractivity contribution in [2.75, 3.05) is 26.3 Å². The second kappa shape index (κ2) is 3.77. The topological polar surface area (TPSA) is 45.7 Å². The van der Waals surface area contributed by atoms with Crippen molar-refractivity contribution in [3.8, 4) is 0 Å². The Balaban J connectivity index is 1.84. The highest BCUT2D eigenvalue weighted by Gasteiger charge is 2.24. The van der Waals surface area contributed by atoms with Gasteiger partial charge in [0.1, 0.15) is 0 Å². The Morgan fingerprint density at radius 1 is 1.57 bits per heavy atom. The van der Waals surface area contributed by atoms with Crippen LogP contribution in [0.3, 0.4) is 0 Å². The van der Waals surface area contributed by atoms with Crippen LogP contribution in [-0.2, 0) is 4.74 Å². The maximum atomic E-state index is 5.29. The van der Waals surface area contributed by atoms with Gasteiger partial charge in [0.25, 0.3) is 0 Å². The first kappa shape index (κ1) is 9.77. The molecule has 4 nitrogen and oxygen atoms in total. The molecule has 0 spiro atoms. The van der Waals surface area contributed by atoms with Crippen molar-refractivity contribution in [2.24, 2.45) is 10.4 Å². The van der Waals surface area contributed by atoms with Gasteiger partial charge in [-0.05, 0) is 6.42 Å². The van der Waals surface area contributed by atoms with Gasteiger partial charge in [0.15, 0.2) is 5.96 Å². The van der Waals surface area contributed by atoms with Crippen molar-refractivity contribution < 1.29 is 4.74 Å². The minimum absolute atomic E-state index is 0.289. The summed E-state index contributed by atoms with van der Waals surface area (Å²) >= 11 is 0. The molecule has 4 heteroatoms. The van der Waals surface area contributed by atoms with E-state index in [0.29, 0.717) is 6.04 Å². The third-order valence-corrected chi connectivity index (χ3v) is 2.67. The van der Waals surface area contributed by atoms with Gasteiger partial charge in [0, 0.05) is 25.1 Å². The standard InChI is InChI=1S/C10H19N3O/c1-10(2)6-11-9(12-7-10)13-8-3-4-14-5-8/h8H,3-7H2,1-2H3,(H2,11,12,13). The van der Waals surface area contributed by atoms with Crippen LogP contribution >= 0.6 is 0 Å². The van der Waals surface area contributed by atoms with Gasteiger partial charge in [-0.15, -0.1) is 0 Å². The smallest absolute Gasteiger partial charge is 0.191 e. The van der Waals surface area contributed by atoms with Gasteiger partial charge >= 0.3 is 0 Å². The highest BCUT2D eigenvalue weighted by molar-refractivity contribution is 5.80. The molecular formula is C10H19N3O. The summed E-state index contributed by atoms with van der Waals surface area (Å²) in [5.74, 6) is 0.944. The summed E-state index contributed by atoms with van der Waals surface area (Å²) < 4.78 is 5.29. The summed E-state index contributed by atoms with van der Waals surface area (Å²) in [5.41, 5.74) is 0.289. The van der Waals surface area contributed by atoms with Crippen LogP contribution in [0, 0.1) is 5.41 Å². The van der Waals surface area contributed by atoms with Gasteiger partial charge in [-0.3, -0.25) is 4.99 Å². The fourth-order valence-corrected chi connectivity index (χ4v) is 1.67. The molecule has 2 heterocycles. The Labute approximate surface area is 85.1 Å². The van der Waals surface area contributed by atoms with Crippen molar-refractivity contribution >= 4 is 5.96 Å². The molecule has 2 aliphatic rings. The predicted octanol–water partition coefficient (Wildman–Crippen LogP) is 0.350. The summed E-state index contributed by atoms with van der Waals surface area (Å²) in [4.78, 5) is 4.48. The number of aliphatic imine (C=N–C) groups is 1. The molecule has 0 aromatic heterocycles. The molecule has 0 radical (unpaired) electrons. The monoisotopic (exact) mass is 197 g/mol. The number of ether oxygens (including phenoxy) is 1. The van der Waals surface area contributed by atoms with Crippen molar-refractivity contribution in [2.45, 2.75) is 26.3 Å². The zero-order chi connectivity index (χ0) is 10.0. The van der Waals surface area contributed by atoms with E-state index in [-0.39, 0.29) is 5.41 Å². The predicted molar refractivity (Wildman–Crippen MR) is 56.4 cm³/mol. The highest BCUT2D eigenvalue weighted by Crippen LogP contribution is 2.16. The Hall–Kier alpha value is -0.770. The molecule has 14 heavy (non-hydrogen) atoms. The maximum absolute atomic E-state index is 5.29. The average molecular weight is 197 g/mol. The van der Waals surface area contributed by atoms with Gasteiger partial charge in [0.05, 0.1) is 12.6 Å². The number of hydrogen-bond acceptors (Lipinski definition) is 4. The number of guanidine groups is 1. The summed E-state index contributed by atoms with van der Waals surface area (Å²) in [7, 11) is 0. The van der Waals surface area contributed by atoms with Crippen molar-refractivity contribution in [1.29, 1.82) is 0 Å². The molecule has 1 fully saturated rings. The molecule has 0 bridgehead atoms. The second-order valence-corrected chi connectivity index (χ2v) is 4.89. The first-order valence-corrected chi connectivity index (χ1v) is 5.28. The summed E-state index contributed by atoms with van der Waals surface area (Å²) in [6.45, 7) is 8.01. The largest absolute Gasteiger partial charge is 0.379 e. The Bertz CT molecular complexity index is 232. The fourth-order valence-electron chi connectivity index (χ4n) is 1.67. The first-order valence-electron chi connectivity index (χ1n) is 5.28. The normalized spacial score (nSPS) is 30.7. The minimum Gasteiger partial charge on any atom is -0.379 e. The van der Waals surface area contributed by atoms with Crippen LogP contribution in [0.25, 0.3) is 0 Å². The quantitative estimate of drug-likeness (QED) is 0.637.